The molecular formula is C9H6ClF3INO3. The molecule has 0 unspecified atom stereocenters. The zero-order valence-electron chi connectivity index (χ0n) is 8.59. The van der Waals surface area contributed by atoms with Gasteiger partial charge in [0, 0.05) is 5.88 Å². The second-order valence-corrected chi connectivity index (χ2v) is 4.56. The van der Waals surface area contributed by atoms with Crippen LogP contribution in [0.4, 0.5) is 13.2 Å². The number of aliphatic carboxylic acids is 1. The standard InChI is InChI=1S/C9H6ClF3INO3/c10-3-4-1-5(14)8(18-9(11,12)13)15-6(4)2-7(16)17/h1H,2-3H2,(H,16,17). The number of alkyl halides is 4. The van der Waals surface area contributed by atoms with Crippen LogP contribution in [0.1, 0.15) is 11.3 Å². The fraction of sp³-hybridized carbons (Fsp3) is 0.333. The highest BCUT2D eigenvalue weighted by atomic mass is 127. The first-order chi connectivity index (χ1) is 8.23. The minimum absolute atomic E-state index is 0.0437. The summed E-state index contributed by atoms with van der Waals surface area (Å²) in [6.45, 7) is 0. The molecule has 0 amide bonds. The van der Waals surface area contributed by atoms with Crippen molar-refractivity contribution >= 4 is 40.2 Å². The summed E-state index contributed by atoms with van der Waals surface area (Å²) in [6.07, 6.45) is -5.40. The largest absolute Gasteiger partial charge is 0.574 e. The average Bonchev–Trinajstić information content (AvgIpc) is 2.19. The van der Waals surface area contributed by atoms with Gasteiger partial charge in [-0.1, -0.05) is 0 Å². The SMILES string of the molecule is O=C(O)Cc1nc(OC(F)(F)F)c(I)cc1CCl. The van der Waals surface area contributed by atoms with Gasteiger partial charge in [-0.3, -0.25) is 4.79 Å². The van der Waals surface area contributed by atoms with Gasteiger partial charge in [-0.05, 0) is 34.2 Å². The van der Waals surface area contributed by atoms with Crippen molar-refractivity contribution in [1.82, 2.24) is 4.98 Å². The van der Waals surface area contributed by atoms with E-state index >= 15 is 0 Å². The maximum absolute atomic E-state index is 12.1. The van der Waals surface area contributed by atoms with Crippen molar-refractivity contribution < 1.29 is 27.8 Å². The molecule has 0 fully saturated rings. The van der Waals surface area contributed by atoms with E-state index in [0.29, 0.717) is 5.56 Å². The molecule has 18 heavy (non-hydrogen) atoms. The first kappa shape index (κ1) is 15.3. The Morgan fingerprint density at radius 2 is 2.17 bits per heavy atom. The number of hydrogen-bond acceptors (Lipinski definition) is 3. The first-order valence-corrected chi connectivity index (χ1v) is 6.06. The van der Waals surface area contributed by atoms with Crippen LogP contribution in [0.2, 0.25) is 0 Å². The highest BCUT2D eigenvalue weighted by Crippen LogP contribution is 2.28. The number of hydrogen-bond donors (Lipinski definition) is 1. The van der Waals surface area contributed by atoms with E-state index in [2.05, 4.69) is 9.72 Å². The smallest absolute Gasteiger partial charge is 0.481 e. The Balaban J connectivity index is 3.16. The van der Waals surface area contributed by atoms with E-state index in [1.165, 1.54) is 6.07 Å². The van der Waals surface area contributed by atoms with Gasteiger partial charge in [0.25, 0.3) is 0 Å². The lowest BCUT2D eigenvalue weighted by molar-refractivity contribution is -0.276. The van der Waals surface area contributed by atoms with Crippen LogP contribution in [-0.4, -0.2) is 22.4 Å². The fourth-order valence-electron chi connectivity index (χ4n) is 1.14. The molecule has 0 radical (unpaired) electrons. The molecule has 0 spiro atoms. The molecule has 0 bridgehead atoms. The third-order valence-electron chi connectivity index (χ3n) is 1.79. The zero-order chi connectivity index (χ0) is 13.9. The third kappa shape index (κ3) is 4.48. The van der Waals surface area contributed by atoms with Crippen molar-refractivity contribution in [2.45, 2.75) is 18.7 Å². The van der Waals surface area contributed by atoms with E-state index in [1.807, 2.05) is 0 Å². The summed E-state index contributed by atoms with van der Waals surface area (Å²) in [5, 5.41) is 8.63. The van der Waals surface area contributed by atoms with Crippen molar-refractivity contribution in [1.29, 1.82) is 0 Å². The molecule has 9 heteroatoms. The van der Waals surface area contributed by atoms with E-state index in [4.69, 9.17) is 16.7 Å². The minimum atomic E-state index is -4.88. The van der Waals surface area contributed by atoms with Crippen LogP contribution < -0.4 is 4.74 Å². The molecule has 0 aromatic carbocycles. The van der Waals surface area contributed by atoms with E-state index < -0.39 is 24.6 Å². The molecule has 1 aromatic rings. The predicted octanol–water partition coefficient (Wildman–Crippen LogP) is 2.95. The molecule has 1 aromatic heterocycles. The first-order valence-electron chi connectivity index (χ1n) is 4.44. The molecule has 0 atom stereocenters. The normalized spacial score (nSPS) is 11.4. The number of aromatic nitrogens is 1. The van der Waals surface area contributed by atoms with Gasteiger partial charge in [-0.15, -0.1) is 24.8 Å². The number of rotatable bonds is 4. The molecule has 4 nitrogen and oxygen atoms in total. The maximum atomic E-state index is 12.1. The van der Waals surface area contributed by atoms with Crippen molar-refractivity contribution in [3.8, 4) is 5.88 Å². The quantitative estimate of drug-likeness (QED) is 0.629. The van der Waals surface area contributed by atoms with Crippen LogP contribution in [0.25, 0.3) is 0 Å². The number of nitrogens with zero attached hydrogens (tertiary/aromatic N) is 1. The van der Waals surface area contributed by atoms with E-state index in [1.54, 1.807) is 22.6 Å². The molecule has 0 aliphatic carbocycles. The number of halogens is 5. The van der Waals surface area contributed by atoms with Gasteiger partial charge in [-0.25, -0.2) is 4.98 Å². The second kappa shape index (κ2) is 5.91. The molecule has 1 rings (SSSR count). The van der Waals surface area contributed by atoms with Gasteiger partial charge in [0.05, 0.1) is 15.7 Å². The van der Waals surface area contributed by atoms with Crippen LogP contribution in [-0.2, 0) is 17.1 Å². The van der Waals surface area contributed by atoms with Crippen LogP contribution in [0.15, 0.2) is 6.07 Å². The Morgan fingerprint density at radius 1 is 1.56 bits per heavy atom. The van der Waals surface area contributed by atoms with Gasteiger partial charge in [0.15, 0.2) is 0 Å². The number of carboxylic acids is 1. The molecular weight excluding hydrogens is 389 g/mol. The van der Waals surface area contributed by atoms with Crippen LogP contribution in [0.3, 0.4) is 0 Å². The lowest BCUT2D eigenvalue weighted by Crippen LogP contribution is -2.19. The van der Waals surface area contributed by atoms with Crippen LogP contribution >= 0.6 is 34.2 Å². The summed E-state index contributed by atoms with van der Waals surface area (Å²) in [5.41, 5.74) is 0.315. The zero-order valence-corrected chi connectivity index (χ0v) is 11.5. The summed E-state index contributed by atoms with van der Waals surface area (Å²) in [4.78, 5) is 14.1. The highest BCUT2D eigenvalue weighted by Gasteiger charge is 2.33. The Hall–Kier alpha value is -0.770. The van der Waals surface area contributed by atoms with E-state index in [-0.39, 0.29) is 15.1 Å². The molecule has 0 aliphatic heterocycles. The van der Waals surface area contributed by atoms with Crippen LogP contribution in [0, 0.1) is 3.57 Å². The topological polar surface area (TPSA) is 59.4 Å². The molecule has 0 aliphatic rings. The summed E-state index contributed by atoms with van der Waals surface area (Å²) in [6, 6.07) is 1.32. The van der Waals surface area contributed by atoms with Gasteiger partial charge in [0.2, 0.25) is 5.88 Å². The molecule has 1 N–H and O–H groups in total. The number of pyridine rings is 1. The maximum Gasteiger partial charge on any atom is 0.574 e. The number of carbonyl (C=O) groups is 1. The number of ether oxygens (including phenoxy) is 1. The van der Waals surface area contributed by atoms with E-state index in [9.17, 15) is 18.0 Å². The fourth-order valence-corrected chi connectivity index (χ4v) is 1.98. The summed E-state index contributed by atoms with van der Waals surface area (Å²) < 4.78 is 40.1. The van der Waals surface area contributed by atoms with E-state index in [0.717, 1.165) is 0 Å². The summed E-state index contributed by atoms with van der Waals surface area (Å²) in [7, 11) is 0. The lowest BCUT2D eigenvalue weighted by Gasteiger charge is -2.12. The van der Waals surface area contributed by atoms with Crippen molar-refractivity contribution in [2.24, 2.45) is 0 Å². The van der Waals surface area contributed by atoms with Gasteiger partial charge >= 0.3 is 12.3 Å². The van der Waals surface area contributed by atoms with Crippen LogP contribution in [0.5, 0.6) is 5.88 Å². The molecule has 0 saturated heterocycles. The Bertz CT molecular complexity index is 467. The highest BCUT2D eigenvalue weighted by molar-refractivity contribution is 14.1. The summed E-state index contributed by atoms with van der Waals surface area (Å²) >= 11 is 7.18. The van der Waals surface area contributed by atoms with Gasteiger partial charge in [-0.2, -0.15) is 0 Å². The molecule has 1 heterocycles. The van der Waals surface area contributed by atoms with Crippen molar-refractivity contribution in [2.75, 3.05) is 0 Å². The van der Waals surface area contributed by atoms with Crippen molar-refractivity contribution in [3.63, 3.8) is 0 Å². The Morgan fingerprint density at radius 3 is 2.61 bits per heavy atom. The van der Waals surface area contributed by atoms with Crippen molar-refractivity contribution in [3.05, 3.63) is 20.9 Å². The van der Waals surface area contributed by atoms with Gasteiger partial charge < -0.3 is 9.84 Å². The monoisotopic (exact) mass is 395 g/mol. The summed E-state index contributed by atoms with van der Waals surface area (Å²) in [5.74, 6) is -1.93. The van der Waals surface area contributed by atoms with Gasteiger partial charge in [0.1, 0.15) is 0 Å². The molecule has 0 saturated carbocycles. The number of carboxylic acid groups (broad SMARTS) is 1. The average molecular weight is 396 g/mol. The lowest BCUT2D eigenvalue weighted by atomic mass is 10.1. The molecule has 100 valence electrons. The Labute approximate surface area is 118 Å². The third-order valence-corrected chi connectivity index (χ3v) is 2.85. The Kier molecular flexibility index (Phi) is 5.02. The predicted molar refractivity (Wildman–Crippen MR) is 64.5 cm³/mol. The minimum Gasteiger partial charge on any atom is -0.481 e. The second-order valence-electron chi connectivity index (χ2n) is 3.13.